The maximum Gasteiger partial charge on any atom is 0.251 e. The minimum Gasteiger partial charge on any atom is -0.348 e. The van der Waals surface area contributed by atoms with Crippen LogP contribution in [0.4, 0.5) is 0 Å². The Balaban J connectivity index is 1.51. The van der Waals surface area contributed by atoms with Gasteiger partial charge in [0.1, 0.15) is 0 Å². The Hall–Kier alpha value is -1.87. The molecule has 1 amide bonds. The molecule has 3 heteroatoms. The first-order valence-electron chi connectivity index (χ1n) is 8.35. The van der Waals surface area contributed by atoms with Gasteiger partial charge in [-0.1, -0.05) is 36.8 Å². The van der Waals surface area contributed by atoms with Crippen molar-refractivity contribution in [1.82, 2.24) is 10.2 Å². The molecule has 22 heavy (non-hydrogen) atoms. The summed E-state index contributed by atoms with van der Waals surface area (Å²) in [7, 11) is 0. The average molecular weight is 294 g/mol. The third-order valence-electron chi connectivity index (χ3n) is 5.18. The quantitative estimate of drug-likeness (QED) is 0.922. The summed E-state index contributed by atoms with van der Waals surface area (Å²) in [6.07, 6.45) is 4.91. The van der Waals surface area contributed by atoms with Crippen LogP contribution in [-0.4, -0.2) is 36.0 Å². The van der Waals surface area contributed by atoms with Crippen molar-refractivity contribution in [2.24, 2.45) is 0 Å². The van der Waals surface area contributed by atoms with Crippen molar-refractivity contribution < 1.29 is 4.79 Å². The first-order valence-corrected chi connectivity index (χ1v) is 8.35. The highest BCUT2D eigenvalue weighted by molar-refractivity contribution is 5.98. The zero-order valence-electron chi connectivity index (χ0n) is 12.8. The molecule has 1 N–H and O–H groups in total. The minimum atomic E-state index is 0.0724. The first-order chi connectivity index (χ1) is 10.8. The summed E-state index contributed by atoms with van der Waals surface area (Å²) >= 11 is 0. The Morgan fingerprint density at radius 3 is 2.77 bits per heavy atom. The Bertz CT molecular complexity index is 697. The molecule has 2 atom stereocenters. The van der Waals surface area contributed by atoms with Crippen molar-refractivity contribution in [2.45, 2.75) is 37.8 Å². The second-order valence-electron chi connectivity index (χ2n) is 6.53. The van der Waals surface area contributed by atoms with Crippen molar-refractivity contribution in [3.05, 3.63) is 48.0 Å². The smallest absolute Gasteiger partial charge is 0.251 e. The second kappa shape index (κ2) is 5.73. The monoisotopic (exact) mass is 294 g/mol. The number of nitrogens with zero attached hydrogens (tertiary/aromatic N) is 1. The summed E-state index contributed by atoms with van der Waals surface area (Å²) in [5, 5.41) is 5.58. The summed E-state index contributed by atoms with van der Waals surface area (Å²) in [6, 6.07) is 15.0. The number of amides is 1. The number of nitrogens with one attached hydrogen (secondary N) is 1. The highest BCUT2D eigenvalue weighted by Crippen LogP contribution is 2.27. The zero-order valence-corrected chi connectivity index (χ0v) is 12.8. The molecule has 2 aliphatic rings. The van der Waals surface area contributed by atoms with Gasteiger partial charge in [0.2, 0.25) is 0 Å². The molecule has 2 heterocycles. The molecule has 3 nitrogen and oxygen atoms in total. The van der Waals surface area contributed by atoms with Crippen LogP contribution < -0.4 is 5.32 Å². The van der Waals surface area contributed by atoms with Crippen LogP contribution in [0.3, 0.4) is 0 Å². The summed E-state index contributed by atoms with van der Waals surface area (Å²) in [5.74, 6) is 0.0724. The van der Waals surface area contributed by atoms with Crippen LogP contribution in [0.25, 0.3) is 10.8 Å². The molecule has 0 radical (unpaired) electrons. The van der Waals surface area contributed by atoms with E-state index in [0.717, 1.165) is 23.9 Å². The van der Waals surface area contributed by atoms with Crippen LogP contribution in [0.1, 0.15) is 36.0 Å². The number of hydrogen-bond acceptors (Lipinski definition) is 2. The molecule has 0 aliphatic carbocycles. The lowest BCUT2D eigenvalue weighted by Gasteiger charge is -2.32. The van der Waals surface area contributed by atoms with Crippen LogP contribution in [-0.2, 0) is 0 Å². The van der Waals surface area contributed by atoms with Gasteiger partial charge in [-0.15, -0.1) is 0 Å². The van der Waals surface area contributed by atoms with E-state index in [1.54, 1.807) is 0 Å². The summed E-state index contributed by atoms with van der Waals surface area (Å²) in [4.78, 5) is 15.1. The molecule has 4 rings (SSSR count). The van der Waals surface area contributed by atoms with E-state index in [2.05, 4.69) is 22.3 Å². The van der Waals surface area contributed by atoms with Crippen molar-refractivity contribution in [3.8, 4) is 0 Å². The fourth-order valence-corrected chi connectivity index (χ4v) is 4.00. The maximum absolute atomic E-state index is 12.6. The van der Waals surface area contributed by atoms with Crippen molar-refractivity contribution in [3.63, 3.8) is 0 Å². The summed E-state index contributed by atoms with van der Waals surface area (Å²) in [5.41, 5.74) is 0.771. The van der Waals surface area contributed by atoms with Gasteiger partial charge in [-0.05, 0) is 48.7 Å². The van der Waals surface area contributed by atoms with E-state index in [1.165, 1.54) is 31.2 Å². The first kappa shape index (κ1) is 13.8. The number of rotatable bonds is 2. The molecule has 0 saturated carbocycles. The van der Waals surface area contributed by atoms with E-state index in [1.807, 2.05) is 30.3 Å². The van der Waals surface area contributed by atoms with Crippen LogP contribution in [0.5, 0.6) is 0 Å². The lowest BCUT2D eigenvalue weighted by Crippen LogP contribution is -2.46. The van der Waals surface area contributed by atoms with E-state index >= 15 is 0 Å². The van der Waals surface area contributed by atoms with Gasteiger partial charge < -0.3 is 5.32 Å². The highest BCUT2D eigenvalue weighted by Gasteiger charge is 2.36. The predicted molar refractivity (Wildman–Crippen MR) is 89.0 cm³/mol. The van der Waals surface area contributed by atoms with Gasteiger partial charge in [0.25, 0.3) is 5.91 Å². The van der Waals surface area contributed by atoms with Gasteiger partial charge in [0.05, 0.1) is 0 Å². The number of benzene rings is 2. The van der Waals surface area contributed by atoms with Crippen molar-refractivity contribution in [1.29, 1.82) is 0 Å². The number of piperidine rings is 1. The molecule has 2 saturated heterocycles. The van der Waals surface area contributed by atoms with E-state index in [9.17, 15) is 4.79 Å². The standard InChI is InChI=1S/C19H22N2O/c22-19(16-9-8-14-5-1-2-6-15(14)13-16)20-17-10-12-21-11-4-3-7-18(17)21/h1-2,5-6,8-9,13,17-18H,3-4,7,10-12H2,(H,20,22)/t17-,18+/m0/s1. The molecule has 114 valence electrons. The summed E-state index contributed by atoms with van der Waals surface area (Å²) < 4.78 is 0. The van der Waals surface area contributed by atoms with Gasteiger partial charge in [-0.25, -0.2) is 0 Å². The highest BCUT2D eigenvalue weighted by atomic mass is 16.1. The van der Waals surface area contributed by atoms with E-state index in [0.29, 0.717) is 12.1 Å². The molecule has 2 fully saturated rings. The van der Waals surface area contributed by atoms with E-state index < -0.39 is 0 Å². The Morgan fingerprint density at radius 2 is 1.86 bits per heavy atom. The molecule has 0 unspecified atom stereocenters. The van der Waals surface area contributed by atoms with Gasteiger partial charge in [-0.2, -0.15) is 0 Å². The zero-order chi connectivity index (χ0) is 14.9. The largest absolute Gasteiger partial charge is 0.348 e. The topological polar surface area (TPSA) is 32.3 Å². The van der Waals surface area contributed by atoms with E-state index in [4.69, 9.17) is 0 Å². The number of hydrogen-bond donors (Lipinski definition) is 1. The minimum absolute atomic E-state index is 0.0724. The third kappa shape index (κ3) is 2.50. The SMILES string of the molecule is O=C(N[C@H]1CCN2CCCC[C@H]12)c1ccc2ccccc2c1. The Labute approximate surface area is 131 Å². The number of fused-ring (bicyclic) bond motifs is 2. The van der Waals surface area contributed by atoms with Gasteiger partial charge >= 0.3 is 0 Å². The molecular formula is C19H22N2O. The van der Waals surface area contributed by atoms with Gasteiger partial charge in [0, 0.05) is 24.2 Å². The third-order valence-corrected chi connectivity index (χ3v) is 5.18. The molecule has 0 spiro atoms. The Kier molecular flexibility index (Phi) is 3.59. The molecule has 2 aliphatic heterocycles. The lowest BCUT2D eigenvalue weighted by molar-refractivity contribution is 0.0915. The normalized spacial score (nSPS) is 25.1. The van der Waals surface area contributed by atoms with Gasteiger partial charge in [-0.3, -0.25) is 9.69 Å². The van der Waals surface area contributed by atoms with Gasteiger partial charge in [0.15, 0.2) is 0 Å². The molecule has 0 aromatic heterocycles. The van der Waals surface area contributed by atoms with Crippen LogP contribution >= 0.6 is 0 Å². The molecular weight excluding hydrogens is 272 g/mol. The number of carbonyl (C=O) groups excluding carboxylic acids is 1. The maximum atomic E-state index is 12.6. The predicted octanol–water partition coefficient (Wildman–Crippen LogP) is 3.20. The fraction of sp³-hybridized carbons (Fsp3) is 0.421. The van der Waals surface area contributed by atoms with Crippen LogP contribution in [0.2, 0.25) is 0 Å². The average Bonchev–Trinajstić information content (AvgIpc) is 2.97. The molecule has 2 aromatic rings. The van der Waals surface area contributed by atoms with Crippen molar-refractivity contribution in [2.75, 3.05) is 13.1 Å². The van der Waals surface area contributed by atoms with Crippen LogP contribution in [0.15, 0.2) is 42.5 Å². The molecule has 0 bridgehead atoms. The fourth-order valence-electron chi connectivity index (χ4n) is 4.00. The van der Waals surface area contributed by atoms with Crippen LogP contribution in [0, 0.1) is 0 Å². The summed E-state index contributed by atoms with van der Waals surface area (Å²) in [6.45, 7) is 2.33. The second-order valence-corrected chi connectivity index (χ2v) is 6.53. The Morgan fingerprint density at radius 1 is 1.00 bits per heavy atom. The van der Waals surface area contributed by atoms with E-state index in [-0.39, 0.29) is 5.91 Å². The lowest BCUT2D eigenvalue weighted by atomic mass is 9.98. The van der Waals surface area contributed by atoms with Crippen molar-refractivity contribution >= 4 is 16.7 Å². The molecule has 2 aromatic carbocycles. The number of carbonyl (C=O) groups is 1.